The first-order valence-corrected chi connectivity index (χ1v) is 8.53. The number of hydrogen-bond donors (Lipinski definition) is 3. The van der Waals surface area contributed by atoms with Gasteiger partial charge in [0.1, 0.15) is 5.76 Å². The fourth-order valence-corrected chi connectivity index (χ4v) is 2.06. The second-order valence-corrected chi connectivity index (χ2v) is 6.45. The molecule has 0 unspecified atom stereocenters. The first-order chi connectivity index (χ1) is 9.81. The Morgan fingerprint density at radius 1 is 1.27 bits per heavy atom. The van der Waals surface area contributed by atoms with Crippen molar-refractivity contribution >= 4 is 40.0 Å². The molecule has 0 radical (unpaired) electrons. The van der Waals surface area contributed by atoms with E-state index in [1.807, 2.05) is 13.8 Å². The summed E-state index contributed by atoms with van der Waals surface area (Å²) in [6.07, 6.45) is 1.80. The molecule has 3 N–H and O–H groups in total. The Labute approximate surface area is 148 Å². The van der Waals surface area contributed by atoms with Gasteiger partial charge in [0.05, 0.1) is 18.5 Å². The Hall–Kier alpha value is -0.880. The van der Waals surface area contributed by atoms with Crippen LogP contribution in [0.25, 0.3) is 0 Å². The summed E-state index contributed by atoms with van der Waals surface area (Å²) >= 11 is 0. The van der Waals surface area contributed by atoms with Gasteiger partial charge in [-0.05, 0) is 20.3 Å². The molecule has 0 bridgehead atoms. The average molecular weight is 445 g/mol. The van der Waals surface area contributed by atoms with Crippen LogP contribution in [0.4, 0.5) is 0 Å². The molecule has 0 saturated heterocycles. The number of aliphatic imine (C=N–C) groups is 1. The van der Waals surface area contributed by atoms with Gasteiger partial charge in [-0.1, -0.05) is 0 Å². The van der Waals surface area contributed by atoms with Crippen LogP contribution in [-0.4, -0.2) is 45.8 Å². The predicted molar refractivity (Wildman–Crippen MR) is 97.1 cm³/mol. The molecule has 128 valence electrons. The molecule has 0 aliphatic heterocycles. The van der Waals surface area contributed by atoms with E-state index in [-0.39, 0.29) is 24.0 Å². The van der Waals surface area contributed by atoms with Crippen LogP contribution in [0.2, 0.25) is 0 Å². The smallest absolute Gasteiger partial charge is 0.214 e. The van der Waals surface area contributed by atoms with Crippen molar-refractivity contribution in [3.05, 3.63) is 17.3 Å². The number of sulfonamides is 1. The van der Waals surface area contributed by atoms with E-state index >= 15 is 0 Å². The Morgan fingerprint density at radius 2 is 1.95 bits per heavy atom. The maximum atomic E-state index is 10.9. The van der Waals surface area contributed by atoms with Crippen molar-refractivity contribution in [3.8, 4) is 0 Å². The maximum Gasteiger partial charge on any atom is 0.214 e. The maximum absolute atomic E-state index is 10.9. The lowest BCUT2D eigenvalue weighted by molar-refractivity contribution is 0.463. The highest BCUT2D eigenvalue weighted by molar-refractivity contribution is 14.0. The molecule has 0 saturated carbocycles. The first-order valence-electron chi connectivity index (χ1n) is 6.64. The Kier molecular flexibility index (Phi) is 9.60. The third-order valence-electron chi connectivity index (χ3n) is 2.71. The fourth-order valence-electron chi connectivity index (χ4n) is 1.55. The Balaban J connectivity index is 0.00000441. The molecular weight excluding hydrogens is 421 g/mol. The van der Waals surface area contributed by atoms with Gasteiger partial charge in [-0.25, -0.2) is 18.1 Å². The van der Waals surface area contributed by atoms with Crippen molar-refractivity contribution in [2.75, 3.05) is 26.4 Å². The van der Waals surface area contributed by atoms with E-state index in [0.717, 1.165) is 17.7 Å². The van der Waals surface area contributed by atoms with Gasteiger partial charge >= 0.3 is 0 Å². The van der Waals surface area contributed by atoms with E-state index in [2.05, 4.69) is 25.3 Å². The molecule has 0 aromatic carbocycles. The zero-order chi connectivity index (χ0) is 15.9. The monoisotopic (exact) mass is 445 g/mol. The number of aromatic nitrogens is 1. The van der Waals surface area contributed by atoms with E-state index < -0.39 is 10.0 Å². The number of aryl methyl sites for hydroxylation is 2. The molecule has 1 aromatic rings. The van der Waals surface area contributed by atoms with E-state index in [1.54, 1.807) is 7.05 Å². The molecule has 22 heavy (non-hydrogen) atoms. The molecule has 0 fully saturated rings. The molecule has 0 aliphatic carbocycles. The molecule has 8 nitrogen and oxygen atoms in total. The minimum absolute atomic E-state index is 0. The molecule has 0 atom stereocenters. The standard InChI is InChI=1S/C12H23N5O3S.HI/c1-9-10(2)20-11(17-9)8-15-12(13-3)14-6-5-7-16-21(4,18)19;/h16H,5-8H2,1-4H3,(H2,13,14,15);1H. The molecule has 0 spiro atoms. The molecule has 0 aliphatic rings. The zero-order valence-corrected chi connectivity index (χ0v) is 16.4. The second kappa shape index (κ2) is 10.0. The quantitative estimate of drug-likeness (QED) is 0.244. The topological polar surface area (TPSA) is 109 Å². The highest BCUT2D eigenvalue weighted by Crippen LogP contribution is 2.07. The lowest BCUT2D eigenvalue weighted by Gasteiger charge is -2.10. The predicted octanol–water partition coefficient (Wildman–Crippen LogP) is 0.514. The van der Waals surface area contributed by atoms with Crippen molar-refractivity contribution in [2.24, 2.45) is 4.99 Å². The minimum Gasteiger partial charge on any atom is -0.444 e. The van der Waals surface area contributed by atoms with Crippen LogP contribution in [0.5, 0.6) is 0 Å². The van der Waals surface area contributed by atoms with Gasteiger partial charge in [0.15, 0.2) is 5.96 Å². The van der Waals surface area contributed by atoms with Crippen LogP contribution in [-0.2, 0) is 16.6 Å². The fraction of sp³-hybridized carbons (Fsp3) is 0.667. The molecule has 1 aromatic heterocycles. The SMILES string of the molecule is CN=C(NCCCNS(C)(=O)=O)NCc1nc(C)c(C)o1.I. The summed E-state index contributed by atoms with van der Waals surface area (Å²) < 4.78 is 29.7. The van der Waals surface area contributed by atoms with Gasteiger partial charge in [0.2, 0.25) is 15.9 Å². The summed E-state index contributed by atoms with van der Waals surface area (Å²) in [4.78, 5) is 8.33. The highest BCUT2D eigenvalue weighted by atomic mass is 127. The van der Waals surface area contributed by atoms with Crippen molar-refractivity contribution in [1.82, 2.24) is 20.3 Å². The molecule has 1 heterocycles. The third kappa shape index (κ3) is 8.54. The number of hydrogen-bond acceptors (Lipinski definition) is 5. The van der Waals surface area contributed by atoms with Gasteiger partial charge < -0.3 is 15.1 Å². The zero-order valence-electron chi connectivity index (χ0n) is 13.3. The van der Waals surface area contributed by atoms with Gasteiger partial charge in [0, 0.05) is 20.1 Å². The normalized spacial score (nSPS) is 11.9. The molecule has 0 amide bonds. The van der Waals surface area contributed by atoms with E-state index in [9.17, 15) is 8.42 Å². The van der Waals surface area contributed by atoms with Crippen molar-refractivity contribution < 1.29 is 12.8 Å². The summed E-state index contributed by atoms with van der Waals surface area (Å²) in [6.45, 7) is 5.20. The lowest BCUT2D eigenvalue weighted by Crippen LogP contribution is -2.38. The average Bonchev–Trinajstić information content (AvgIpc) is 2.71. The number of guanidine groups is 1. The van der Waals surface area contributed by atoms with Gasteiger partial charge in [-0.2, -0.15) is 0 Å². The Morgan fingerprint density at radius 3 is 2.45 bits per heavy atom. The third-order valence-corrected chi connectivity index (χ3v) is 3.44. The van der Waals surface area contributed by atoms with Crippen LogP contribution in [0.15, 0.2) is 9.41 Å². The summed E-state index contributed by atoms with van der Waals surface area (Å²) in [5.41, 5.74) is 0.876. The largest absolute Gasteiger partial charge is 0.444 e. The van der Waals surface area contributed by atoms with Crippen molar-refractivity contribution in [3.63, 3.8) is 0 Å². The lowest BCUT2D eigenvalue weighted by atomic mass is 10.4. The van der Waals surface area contributed by atoms with E-state index in [1.165, 1.54) is 0 Å². The van der Waals surface area contributed by atoms with Crippen LogP contribution in [0, 0.1) is 13.8 Å². The van der Waals surface area contributed by atoms with Crippen LogP contribution < -0.4 is 15.4 Å². The second-order valence-electron chi connectivity index (χ2n) is 4.62. The molecule has 1 rings (SSSR count). The number of oxazole rings is 1. The number of nitrogens with zero attached hydrogens (tertiary/aromatic N) is 2. The van der Waals surface area contributed by atoms with Gasteiger partial charge in [-0.3, -0.25) is 4.99 Å². The summed E-state index contributed by atoms with van der Waals surface area (Å²) in [5.74, 6) is 2.02. The Bertz CT molecular complexity index is 566. The summed E-state index contributed by atoms with van der Waals surface area (Å²) in [7, 11) is -1.46. The summed E-state index contributed by atoms with van der Waals surface area (Å²) in [5, 5.41) is 6.16. The van der Waals surface area contributed by atoms with Crippen molar-refractivity contribution in [1.29, 1.82) is 0 Å². The van der Waals surface area contributed by atoms with E-state index in [4.69, 9.17) is 4.42 Å². The van der Waals surface area contributed by atoms with Crippen LogP contribution in [0.1, 0.15) is 23.8 Å². The number of rotatable bonds is 7. The van der Waals surface area contributed by atoms with Gasteiger partial charge in [0.25, 0.3) is 0 Å². The highest BCUT2D eigenvalue weighted by Gasteiger charge is 2.06. The van der Waals surface area contributed by atoms with Crippen LogP contribution in [0.3, 0.4) is 0 Å². The summed E-state index contributed by atoms with van der Waals surface area (Å²) in [6, 6.07) is 0. The number of halogens is 1. The van der Waals surface area contributed by atoms with Crippen LogP contribution >= 0.6 is 24.0 Å². The molecule has 10 heteroatoms. The van der Waals surface area contributed by atoms with Crippen molar-refractivity contribution in [2.45, 2.75) is 26.8 Å². The van der Waals surface area contributed by atoms with E-state index in [0.29, 0.717) is 37.9 Å². The molecular formula is C12H24IN5O3S. The number of nitrogens with one attached hydrogen (secondary N) is 3. The van der Waals surface area contributed by atoms with Gasteiger partial charge in [-0.15, -0.1) is 24.0 Å². The first kappa shape index (κ1) is 21.1. The minimum atomic E-state index is -3.12.